The second kappa shape index (κ2) is 7.66. The van der Waals surface area contributed by atoms with E-state index in [9.17, 15) is 0 Å². The number of nitrogens with zero attached hydrogens (tertiary/aromatic N) is 3. The lowest BCUT2D eigenvalue weighted by Gasteiger charge is -2.06. The molecule has 0 N–H and O–H groups in total. The first kappa shape index (κ1) is 16.1. The maximum absolute atomic E-state index is 5.19. The summed E-state index contributed by atoms with van der Waals surface area (Å²) in [7, 11) is 1.69. The molecule has 23 heavy (non-hydrogen) atoms. The molecule has 3 rings (SSSR count). The van der Waals surface area contributed by atoms with Crippen molar-refractivity contribution in [3.05, 3.63) is 47.3 Å². The van der Waals surface area contributed by atoms with Crippen LogP contribution in [0.5, 0.6) is 5.75 Å². The number of benzene rings is 1. The molecule has 0 aliphatic heterocycles. The monoisotopic (exact) mass is 345 g/mol. The van der Waals surface area contributed by atoms with Crippen LogP contribution >= 0.6 is 23.1 Å². The highest BCUT2D eigenvalue weighted by molar-refractivity contribution is 7.99. The van der Waals surface area contributed by atoms with Gasteiger partial charge in [0.25, 0.3) is 0 Å². The van der Waals surface area contributed by atoms with E-state index in [2.05, 4.69) is 45.3 Å². The molecule has 0 bridgehead atoms. The van der Waals surface area contributed by atoms with Crippen molar-refractivity contribution >= 4 is 23.1 Å². The zero-order valence-corrected chi connectivity index (χ0v) is 14.9. The van der Waals surface area contributed by atoms with Crippen molar-refractivity contribution < 1.29 is 4.74 Å². The largest absolute Gasteiger partial charge is 0.497 e. The van der Waals surface area contributed by atoms with Crippen LogP contribution in [-0.2, 0) is 13.0 Å². The number of thioether (sulfide) groups is 1. The van der Waals surface area contributed by atoms with Crippen molar-refractivity contribution in [2.75, 3.05) is 12.9 Å². The van der Waals surface area contributed by atoms with Gasteiger partial charge in [0.15, 0.2) is 11.0 Å². The summed E-state index contributed by atoms with van der Waals surface area (Å²) in [6.07, 6.45) is 1.000. The highest BCUT2D eigenvalue weighted by Gasteiger charge is 2.13. The summed E-state index contributed by atoms with van der Waals surface area (Å²) in [5, 5.41) is 11.8. The van der Waals surface area contributed by atoms with Gasteiger partial charge in [-0.25, -0.2) is 0 Å². The molecule has 0 aliphatic rings. The van der Waals surface area contributed by atoms with Crippen LogP contribution in [0.25, 0.3) is 10.7 Å². The third-order valence-corrected chi connectivity index (χ3v) is 5.39. The van der Waals surface area contributed by atoms with Gasteiger partial charge in [-0.2, -0.15) is 0 Å². The van der Waals surface area contributed by atoms with E-state index in [0.29, 0.717) is 0 Å². The minimum absolute atomic E-state index is 0.880. The number of aromatic nitrogens is 3. The van der Waals surface area contributed by atoms with E-state index in [4.69, 9.17) is 4.74 Å². The lowest BCUT2D eigenvalue weighted by Crippen LogP contribution is -2.00. The maximum Gasteiger partial charge on any atom is 0.191 e. The molecule has 0 aliphatic carbocycles. The Bertz CT molecular complexity index is 736. The Morgan fingerprint density at radius 2 is 2.00 bits per heavy atom. The van der Waals surface area contributed by atoms with Gasteiger partial charge in [-0.1, -0.05) is 30.0 Å². The molecule has 0 saturated heterocycles. The maximum atomic E-state index is 5.19. The van der Waals surface area contributed by atoms with Crippen LogP contribution in [0.15, 0.2) is 46.9 Å². The molecule has 0 fully saturated rings. The predicted molar refractivity (Wildman–Crippen MR) is 96.4 cm³/mol. The summed E-state index contributed by atoms with van der Waals surface area (Å²) in [6, 6.07) is 12.4. The van der Waals surface area contributed by atoms with Gasteiger partial charge in [0, 0.05) is 12.3 Å². The summed E-state index contributed by atoms with van der Waals surface area (Å²) in [4.78, 5) is 1.17. The summed E-state index contributed by atoms with van der Waals surface area (Å²) < 4.78 is 7.37. The van der Waals surface area contributed by atoms with Crippen LogP contribution in [0.2, 0.25) is 0 Å². The van der Waals surface area contributed by atoms with Crippen molar-refractivity contribution in [3.8, 4) is 16.5 Å². The first-order chi connectivity index (χ1) is 11.3. The summed E-state index contributed by atoms with van der Waals surface area (Å²) in [5.41, 5.74) is 1.30. The van der Waals surface area contributed by atoms with E-state index in [1.165, 1.54) is 10.4 Å². The summed E-state index contributed by atoms with van der Waals surface area (Å²) in [6.45, 7) is 3.01. The van der Waals surface area contributed by atoms with E-state index >= 15 is 0 Å². The van der Waals surface area contributed by atoms with Gasteiger partial charge in [-0.15, -0.1) is 21.5 Å². The number of ether oxygens (including phenoxy) is 1. The quantitative estimate of drug-likeness (QED) is 0.596. The molecular formula is C17H19N3OS2. The third-order valence-electron chi connectivity index (χ3n) is 3.56. The van der Waals surface area contributed by atoms with Crippen LogP contribution in [0.1, 0.15) is 12.5 Å². The first-order valence-corrected chi connectivity index (χ1v) is 9.41. The minimum Gasteiger partial charge on any atom is -0.497 e. The number of thiophene rings is 1. The number of hydrogen-bond acceptors (Lipinski definition) is 5. The van der Waals surface area contributed by atoms with Crippen molar-refractivity contribution in [3.63, 3.8) is 0 Å². The molecule has 0 atom stereocenters. The molecule has 1 aromatic carbocycles. The molecule has 0 spiro atoms. The SMILES string of the molecule is CCn1c(SCCc2ccc(OC)cc2)nnc1-c1cccs1. The molecule has 3 aromatic rings. The molecule has 0 saturated carbocycles. The third kappa shape index (κ3) is 3.76. The molecule has 2 heterocycles. The fraction of sp³-hybridized carbons (Fsp3) is 0.294. The fourth-order valence-electron chi connectivity index (χ4n) is 2.32. The average Bonchev–Trinajstić information content (AvgIpc) is 3.24. The predicted octanol–water partition coefficient (Wildman–Crippen LogP) is 4.37. The lowest BCUT2D eigenvalue weighted by molar-refractivity contribution is 0.414. The zero-order valence-electron chi connectivity index (χ0n) is 13.2. The Labute approximate surface area is 144 Å². The van der Waals surface area contributed by atoms with E-state index in [1.807, 2.05) is 18.2 Å². The van der Waals surface area contributed by atoms with Gasteiger partial charge >= 0.3 is 0 Å². The van der Waals surface area contributed by atoms with Crippen molar-refractivity contribution in [1.82, 2.24) is 14.8 Å². The fourth-order valence-corrected chi connectivity index (χ4v) is 4.03. The van der Waals surface area contributed by atoms with Gasteiger partial charge in [0.05, 0.1) is 12.0 Å². The lowest BCUT2D eigenvalue weighted by atomic mass is 10.2. The Hall–Kier alpha value is -1.79. The van der Waals surface area contributed by atoms with Crippen molar-refractivity contribution in [1.29, 1.82) is 0 Å². The first-order valence-electron chi connectivity index (χ1n) is 7.54. The van der Waals surface area contributed by atoms with E-state index in [1.54, 1.807) is 30.2 Å². The van der Waals surface area contributed by atoms with Crippen molar-refractivity contribution in [2.24, 2.45) is 0 Å². The molecule has 4 nitrogen and oxygen atoms in total. The zero-order chi connectivity index (χ0) is 16.1. The van der Waals surface area contributed by atoms with Gasteiger partial charge < -0.3 is 9.30 Å². The topological polar surface area (TPSA) is 39.9 Å². The molecular weight excluding hydrogens is 326 g/mol. The molecule has 0 amide bonds. The van der Waals surface area contributed by atoms with Gasteiger partial charge in [0.2, 0.25) is 0 Å². The Balaban J connectivity index is 1.64. The van der Waals surface area contributed by atoms with Crippen LogP contribution < -0.4 is 4.74 Å². The standard InChI is InChI=1S/C17H19N3OS2/c1-3-20-16(15-5-4-11-22-15)18-19-17(20)23-12-10-13-6-8-14(21-2)9-7-13/h4-9,11H,3,10,12H2,1-2H3. The van der Waals surface area contributed by atoms with Gasteiger partial charge in [-0.3, -0.25) is 0 Å². The number of methoxy groups -OCH3 is 1. The highest BCUT2D eigenvalue weighted by Crippen LogP contribution is 2.27. The van der Waals surface area contributed by atoms with E-state index < -0.39 is 0 Å². The molecule has 0 unspecified atom stereocenters. The smallest absolute Gasteiger partial charge is 0.191 e. The Kier molecular flexibility index (Phi) is 5.35. The number of rotatable bonds is 7. The second-order valence-electron chi connectivity index (χ2n) is 4.97. The second-order valence-corrected chi connectivity index (χ2v) is 6.98. The Morgan fingerprint density at radius 1 is 1.17 bits per heavy atom. The highest BCUT2D eigenvalue weighted by atomic mass is 32.2. The van der Waals surface area contributed by atoms with Crippen LogP contribution in [0, 0.1) is 0 Å². The molecule has 2 aromatic heterocycles. The van der Waals surface area contributed by atoms with Crippen LogP contribution in [0.3, 0.4) is 0 Å². The van der Waals surface area contributed by atoms with E-state index in [0.717, 1.165) is 35.4 Å². The Morgan fingerprint density at radius 3 is 2.65 bits per heavy atom. The van der Waals surface area contributed by atoms with Crippen LogP contribution in [0.4, 0.5) is 0 Å². The number of hydrogen-bond donors (Lipinski definition) is 0. The van der Waals surface area contributed by atoms with Gasteiger partial charge in [0.1, 0.15) is 5.75 Å². The normalized spacial score (nSPS) is 10.9. The van der Waals surface area contributed by atoms with Crippen molar-refractivity contribution in [2.45, 2.75) is 25.0 Å². The van der Waals surface area contributed by atoms with Gasteiger partial charge in [-0.05, 0) is 42.5 Å². The summed E-state index contributed by atoms with van der Waals surface area (Å²) >= 11 is 3.46. The number of aryl methyl sites for hydroxylation is 1. The van der Waals surface area contributed by atoms with Crippen LogP contribution in [-0.4, -0.2) is 27.6 Å². The molecule has 0 radical (unpaired) electrons. The average molecular weight is 345 g/mol. The summed E-state index contributed by atoms with van der Waals surface area (Å²) in [5.74, 6) is 2.84. The van der Waals surface area contributed by atoms with E-state index in [-0.39, 0.29) is 0 Å². The molecule has 120 valence electrons. The minimum atomic E-state index is 0.880. The molecule has 6 heteroatoms.